The first-order valence-corrected chi connectivity index (χ1v) is 8.01. The molecule has 0 aliphatic carbocycles. The Kier molecular flexibility index (Phi) is 6.83. The molecule has 0 unspecified atom stereocenters. The topological polar surface area (TPSA) is 67.4 Å². The van der Waals surface area contributed by atoms with Crippen molar-refractivity contribution >= 4 is 10.0 Å². The predicted molar refractivity (Wildman–Crippen MR) is 76.0 cm³/mol. The normalized spacial score (nSPS) is 11.5. The van der Waals surface area contributed by atoms with Crippen LogP contribution in [0.5, 0.6) is 5.75 Å². The third-order valence-corrected chi connectivity index (χ3v) is 3.95. The highest BCUT2D eigenvalue weighted by Gasteiger charge is 2.12. The molecule has 5 nitrogen and oxygen atoms in total. The van der Waals surface area contributed by atoms with Gasteiger partial charge in [-0.2, -0.15) is 0 Å². The molecule has 0 fully saturated rings. The second-order valence-corrected chi connectivity index (χ2v) is 5.84. The van der Waals surface area contributed by atoms with Crippen LogP contribution in [-0.2, 0) is 10.0 Å². The highest BCUT2D eigenvalue weighted by atomic mass is 32.2. The van der Waals surface area contributed by atoms with Crippen LogP contribution in [-0.4, -0.2) is 34.7 Å². The van der Waals surface area contributed by atoms with Crippen molar-refractivity contribution in [1.82, 2.24) is 10.0 Å². The van der Waals surface area contributed by atoms with Crippen LogP contribution in [0.15, 0.2) is 29.2 Å². The Balaban J connectivity index is 2.56. The number of rotatable bonds is 9. The van der Waals surface area contributed by atoms with Gasteiger partial charge >= 0.3 is 0 Å². The van der Waals surface area contributed by atoms with Gasteiger partial charge in [-0.3, -0.25) is 0 Å². The summed E-state index contributed by atoms with van der Waals surface area (Å²) in [5.41, 5.74) is 0. The van der Waals surface area contributed by atoms with Crippen LogP contribution in [0.25, 0.3) is 0 Å². The van der Waals surface area contributed by atoms with Gasteiger partial charge < -0.3 is 10.1 Å². The molecule has 1 aromatic rings. The lowest BCUT2D eigenvalue weighted by molar-refractivity contribution is 0.315. The van der Waals surface area contributed by atoms with E-state index in [-0.39, 0.29) is 4.90 Å². The molecule has 0 amide bonds. The lowest BCUT2D eigenvalue weighted by atomic mass is 10.3. The number of likely N-dealkylation sites (N-methyl/N-ethyl adjacent to an activating group) is 1. The van der Waals surface area contributed by atoms with Crippen molar-refractivity contribution in [1.29, 1.82) is 0 Å². The Morgan fingerprint density at radius 2 is 1.79 bits per heavy atom. The quantitative estimate of drug-likeness (QED) is 0.673. The van der Waals surface area contributed by atoms with Crippen molar-refractivity contribution in [3.8, 4) is 5.75 Å². The lowest BCUT2D eigenvalue weighted by Crippen LogP contribution is -2.24. The van der Waals surface area contributed by atoms with Crippen LogP contribution in [0.1, 0.15) is 20.3 Å². The fourth-order valence-electron chi connectivity index (χ4n) is 1.45. The Morgan fingerprint density at radius 3 is 2.37 bits per heavy atom. The van der Waals surface area contributed by atoms with Gasteiger partial charge in [0, 0.05) is 13.1 Å². The Morgan fingerprint density at radius 1 is 1.11 bits per heavy atom. The van der Waals surface area contributed by atoms with E-state index >= 15 is 0 Å². The first kappa shape index (κ1) is 15.9. The zero-order chi connectivity index (χ0) is 14.1. The number of nitrogens with one attached hydrogen (secondary N) is 2. The molecule has 19 heavy (non-hydrogen) atoms. The molecular formula is C13H22N2O3S. The third kappa shape index (κ3) is 5.59. The number of benzene rings is 1. The summed E-state index contributed by atoms with van der Waals surface area (Å²) in [6, 6.07) is 6.46. The van der Waals surface area contributed by atoms with Crippen LogP contribution in [0.3, 0.4) is 0 Å². The maximum atomic E-state index is 11.8. The maximum Gasteiger partial charge on any atom is 0.240 e. The molecule has 0 radical (unpaired) electrons. The van der Waals surface area contributed by atoms with E-state index in [0.29, 0.717) is 18.9 Å². The summed E-state index contributed by atoms with van der Waals surface area (Å²) in [6.07, 6.45) is 0.769. The van der Waals surface area contributed by atoms with E-state index in [9.17, 15) is 8.42 Å². The summed E-state index contributed by atoms with van der Waals surface area (Å²) < 4.78 is 31.7. The van der Waals surface area contributed by atoms with Crippen LogP contribution < -0.4 is 14.8 Å². The smallest absolute Gasteiger partial charge is 0.240 e. The van der Waals surface area contributed by atoms with Gasteiger partial charge in [0.2, 0.25) is 10.0 Å². The molecule has 0 saturated carbocycles. The predicted octanol–water partition coefficient (Wildman–Crippen LogP) is 1.36. The van der Waals surface area contributed by atoms with Gasteiger partial charge in [-0.15, -0.1) is 0 Å². The van der Waals surface area contributed by atoms with E-state index in [2.05, 4.69) is 10.0 Å². The number of hydrogen-bond acceptors (Lipinski definition) is 4. The van der Waals surface area contributed by atoms with Gasteiger partial charge in [0.05, 0.1) is 4.90 Å². The van der Waals surface area contributed by atoms with Gasteiger partial charge in [0.25, 0.3) is 0 Å². The highest BCUT2D eigenvalue weighted by Crippen LogP contribution is 2.15. The van der Waals surface area contributed by atoms with Crippen molar-refractivity contribution in [2.75, 3.05) is 26.2 Å². The highest BCUT2D eigenvalue weighted by molar-refractivity contribution is 7.89. The number of ether oxygens (including phenoxy) is 1. The number of sulfonamides is 1. The van der Waals surface area contributed by atoms with Gasteiger partial charge in [-0.25, -0.2) is 13.1 Å². The maximum absolute atomic E-state index is 11.8. The molecule has 0 aliphatic rings. The fraction of sp³-hybridized carbons (Fsp3) is 0.538. The minimum atomic E-state index is -3.39. The van der Waals surface area contributed by atoms with Crippen molar-refractivity contribution in [3.63, 3.8) is 0 Å². The zero-order valence-electron chi connectivity index (χ0n) is 11.5. The van der Waals surface area contributed by atoms with Crippen LogP contribution in [0.2, 0.25) is 0 Å². The molecule has 0 saturated heterocycles. The molecule has 0 spiro atoms. The van der Waals surface area contributed by atoms with E-state index in [1.807, 2.05) is 13.8 Å². The van der Waals surface area contributed by atoms with Gasteiger partial charge in [-0.1, -0.05) is 13.8 Å². The summed E-state index contributed by atoms with van der Waals surface area (Å²) in [7, 11) is -3.39. The fourth-order valence-corrected chi connectivity index (χ4v) is 2.59. The monoisotopic (exact) mass is 286 g/mol. The van der Waals surface area contributed by atoms with Crippen LogP contribution >= 0.6 is 0 Å². The van der Waals surface area contributed by atoms with E-state index < -0.39 is 10.0 Å². The second-order valence-electron chi connectivity index (χ2n) is 4.07. The van der Waals surface area contributed by atoms with E-state index in [0.717, 1.165) is 19.5 Å². The molecule has 0 bridgehead atoms. The molecule has 108 valence electrons. The van der Waals surface area contributed by atoms with Crippen LogP contribution in [0.4, 0.5) is 0 Å². The van der Waals surface area contributed by atoms with Gasteiger partial charge in [0.1, 0.15) is 12.4 Å². The molecule has 0 heterocycles. The van der Waals surface area contributed by atoms with Crippen LogP contribution in [0, 0.1) is 0 Å². The summed E-state index contributed by atoms with van der Waals surface area (Å²) in [6.45, 7) is 6.64. The molecule has 1 rings (SSSR count). The van der Waals surface area contributed by atoms with E-state index in [4.69, 9.17) is 4.74 Å². The average Bonchev–Trinajstić information content (AvgIpc) is 2.42. The van der Waals surface area contributed by atoms with Crippen molar-refractivity contribution in [2.45, 2.75) is 25.2 Å². The zero-order valence-corrected chi connectivity index (χ0v) is 12.3. The summed E-state index contributed by atoms with van der Waals surface area (Å²) in [5, 5.41) is 3.15. The Hall–Kier alpha value is -1.11. The van der Waals surface area contributed by atoms with Crippen molar-refractivity contribution < 1.29 is 13.2 Å². The summed E-state index contributed by atoms with van der Waals surface area (Å²) >= 11 is 0. The minimum absolute atomic E-state index is 0.264. The average molecular weight is 286 g/mol. The Bertz CT molecular complexity index is 457. The molecule has 0 aromatic heterocycles. The standard InChI is InChI=1S/C13H22N2O3S/c1-3-9-15-19(16,17)13-7-5-12(6-8-13)18-11-10-14-4-2/h5-8,14-15H,3-4,9-11H2,1-2H3. The van der Waals surface area contributed by atoms with Crippen molar-refractivity contribution in [3.05, 3.63) is 24.3 Å². The van der Waals surface area contributed by atoms with Gasteiger partial charge in [-0.05, 0) is 37.2 Å². The first-order chi connectivity index (χ1) is 9.10. The molecule has 1 aromatic carbocycles. The largest absolute Gasteiger partial charge is 0.492 e. The molecule has 0 atom stereocenters. The summed E-state index contributed by atoms with van der Waals surface area (Å²) in [5.74, 6) is 0.673. The van der Waals surface area contributed by atoms with E-state index in [1.165, 1.54) is 0 Å². The van der Waals surface area contributed by atoms with Gasteiger partial charge in [0.15, 0.2) is 0 Å². The molecule has 0 aliphatic heterocycles. The Labute approximate surface area is 115 Å². The first-order valence-electron chi connectivity index (χ1n) is 6.53. The minimum Gasteiger partial charge on any atom is -0.492 e. The lowest BCUT2D eigenvalue weighted by Gasteiger charge is -2.08. The third-order valence-electron chi connectivity index (χ3n) is 2.47. The molecule has 2 N–H and O–H groups in total. The SMILES string of the molecule is CCCNS(=O)(=O)c1ccc(OCCNCC)cc1. The van der Waals surface area contributed by atoms with E-state index in [1.54, 1.807) is 24.3 Å². The molecule has 6 heteroatoms. The number of hydrogen-bond donors (Lipinski definition) is 2. The van der Waals surface area contributed by atoms with Crippen molar-refractivity contribution in [2.24, 2.45) is 0 Å². The molecular weight excluding hydrogens is 264 g/mol. The summed E-state index contributed by atoms with van der Waals surface area (Å²) in [4.78, 5) is 0.264. The second kappa shape index (κ2) is 8.14.